The largest absolute Gasteiger partial charge is 0.382 e. The lowest BCUT2D eigenvalue weighted by Gasteiger charge is -2.17. The maximum Gasteiger partial charge on any atom is 0.125 e. The van der Waals surface area contributed by atoms with Crippen LogP contribution in [-0.4, -0.2) is 6.04 Å². The number of anilines is 1. The summed E-state index contributed by atoms with van der Waals surface area (Å²) in [5, 5.41) is 3.31. The first kappa shape index (κ1) is 12.0. The molecule has 0 aliphatic heterocycles. The molecule has 1 aromatic carbocycles. The van der Waals surface area contributed by atoms with E-state index in [1.54, 1.807) is 6.07 Å². The van der Waals surface area contributed by atoms with Gasteiger partial charge in [-0.25, -0.2) is 4.39 Å². The molecule has 0 saturated carbocycles. The number of rotatable bonds is 4. The van der Waals surface area contributed by atoms with E-state index in [9.17, 15) is 4.39 Å². The summed E-state index contributed by atoms with van der Waals surface area (Å²) in [6.07, 6.45) is 1.09. The summed E-state index contributed by atoms with van der Waals surface area (Å²) in [6, 6.07) is 5.44. The van der Waals surface area contributed by atoms with Gasteiger partial charge in [0.1, 0.15) is 5.82 Å². The van der Waals surface area contributed by atoms with Gasteiger partial charge in [-0.1, -0.05) is 13.8 Å². The summed E-state index contributed by atoms with van der Waals surface area (Å²) >= 11 is 0. The number of halogens is 1. The smallest absolute Gasteiger partial charge is 0.125 e. The molecular formula is C13H20FN. The standard InChI is InChI=1S/C13H20FN/c1-9(2)5-11(4)15-13-7-10(3)6-12(14)8-13/h6-9,11,15H,5H2,1-4H3. The second kappa shape index (κ2) is 5.15. The Morgan fingerprint density at radius 3 is 2.40 bits per heavy atom. The van der Waals surface area contributed by atoms with Crippen LogP contribution in [-0.2, 0) is 0 Å². The van der Waals surface area contributed by atoms with Crippen LogP contribution in [0.15, 0.2) is 18.2 Å². The minimum absolute atomic E-state index is 0.172. The van der Waals surface area contributed by atoms with E-state index in [1.807, 2.05) is 13.0 Å². The molecule has 0 radical (unpaired) electrons. The van der Waals surface area contributed by atoms with Crippen LogP contribution in [0.2, 0.25) is 0 Å². The molecular weight excluding hydrogens is 189 g/mol. The third kappa shape index (κ3) is 4.32. The molecule has 1 nitrogen and oxygen atoms in total. The second-order valence-electron chi connectivity index (χ2n) is 4.69. The van der Waals surface area contributed by atoms with Gasteiger partial charge in [-0.3, -0.25) is 0 Å². The zero-order valence-electron chi connectivity index (χ0n) is 9.97. The molecule has 0 aromatic heterocycles. The van der Waals surface area contributed by atoms with E-state index in [0.717, 1.165) is 17.7 Å². The zero-order valence-corrected chi connectivity index (χ0v) is 9.97. The van der Waals surface area contributed by atoms with Crippen molar-refractivity contribution >= 4 is 5.69 Å². The molecule has 0 fully saturated rings. The maximum atomic E-state index is 13.1. The molecule has 1 unspecified atom stereocenters. The van der Waals surface area contributed by atoms with Crippen molar-refractivity contribution in [3.05, 3.63) is 29.6 Å². The van der Waals surface area contributed by atoms with Gasteiger partial charge in [-0.05, 0) is 49.9 Å². The molecule has 1 N–H and O–H groups in total. The highest BCUT2D eigenvalue weighted by atomic mass is 19.1. The normalized spacial score (nSPS) is 12.9. The van der Waals surface area contributed by atoms with Gasteiger partial charge in [0.2, 0.25) is 0 Å². The molecule has 0 aliphatic carbocycles. The Bertz CT molecular complexity index is 300. The molecule has 0 spiro atoms. The third-order valence-electron chi connectivity index (χ3n) is 2.28. The zero-order chi connectivity index (χ0) is 11.4. The molecule has 0 amide bonds. The average molecular weight is 209 g/mol. The fraction of sp³-hybridized carbons (Fsp3) is 0.538. The first-order valence-electron chi connectivity index (χ1n) is 5.51. The van der Waals surface area contributed by atoms with Gasteiger partial charge < -0.3 is 5.32 Å². The highest BCUT2D eigenvalue weighted by Gasteiger charge is 2.05. The van der Waals surface area contributed by atoms with E-state index in [-0.39, 0.29) is 5.82 Å². The molecule has 0 bridgehead atoms. The van der Waals surface area contributed by atoms with Crippen LogP contribution in [0.1, 0.15) is 32.8 Å². The number of nitrogens with one attached hydrogen (secondary N) is 1. The van der Waals surface area contributed by atoms with Crippen molar-refractivity contribution in [1.29, 1.82) is 0 Å². The van der Waals surface area contributed by atoms with Crippen LogP contribution in [0, 0.1) is 18.7 Å². The summed E-state index contributed by atoms with van der Waals surface area (Å²) in [4.78, 5) is 0. The van der Waals surface area contributed by atoms with Crippen LogP contribution in [0.25, 0.3) is 0 Å². The predicted molar refractivity (Wildman–Crippen MR) is 63.7 cm³/mol. The Balaban J connectivity index is 2.63. The molecule has 15 heavy (non-hydrogen) atoms. The van der Waals surface area contributed by atoms with Gasteiger partial charge in [-0.15, -0.1) is 0 Å². The van der Waals surface area contributed by atoms with E-state index in [1.165, 1.54) is 6.07 Å². The summed E-state index contributed by atoms with van der Waals surface area (Å²) < 4.78 is 13.1. The number of hydrogen-bond acceptors (Lipinski definition) is 1. The molecule has 0 aliphatic rings. The predicted octanol–water partition coefficient (Wildman–Crippen LogP) is 3.98. The van der Waals surface area contributed by atoms with Gasteiger partial charge in [0, 0.05) is 11.7 Å². The topological polar surface area (TPSA) is 12.0 Å². The second-order valence-corrected chi connectivity index (χ2v) is 4.69. The third-order valence-corrected chi connectivity index (χ3v) is 2.28. The lowest BCUT2D eigenvalue weighted by Crippen LogP contribution is -2.17. The number of hydrogen-bond donors (Lipinski definition) is 1. The van der Waals surface area contributed by atoms with E-state index in [0.29, 0.717) is 12.0 Å². The molecule has 0 heterocycles. The van der Waals surface area contributed by atoms with Crippen molar-refractivity contribution in [3.63, 3.8) is 0 Å². The Kier molecular flexibility index (Phi) is 4.13. The van der Waals surface area contributed by atoms with Crippen LogP contribution < -0.4 is 5.32 Å². The number of benzene rings is 1. The Hall–Kier alpha value is -1.05. The van der Waals surface area contributed by atoms with E-state index in [2.05, 4.69) is 26.1 Å². The first-order valence-corrected chi connectivity index (χ1v) is 5.51. The van der Waals surface area contributed by atoms with Crippen molar-refractivity contribution in [2.45, 2.75) is 40.2 Å². The Labute approximate surface area is 91.7 Å². The molecule has 2 heteroatoms. The van der Waals surface area contributed by atoms with Crippen molar-refractivity contribution in [2.24, 2.45) is 5.92 Å². The summed E-state index contributed by atoms with van der Waals surface area (Å²) in [7, 11) is 0. The minimum atomic E-state index is -0.172. The van der Waals surface area contributed by atoms with Gasteiger partial charge in [-0.2, -0.15) is 0 Å². The van der Waals surface area contributed by atoms with Crippen LogP contribution in [0.5, 0.6) is 0 Å². The minimum Gasteiger partial charge on any atom is -0.382 e. The van der Waals surface area contributed by atoms with Crippen LogP contribution >= 0.6 is 0 Å². The molecule has 1 rings (SSSR count). The van der Waals surface area contributed by atoms with E-state index < -0.39 is 0 Å². The van der Waals surface area contributed by atoms with Crippen molar-refractivity contribution in [2.75, 3.05) is 5.32 Å². The lowest BCUT2D eigenvalue weighted by molar-refractivity contribution is 0.539. The highest BCUT2D eigenvalue weighted by Crippen LogP contribution is 2.16. The monoisotopic (exact) mass is 209 g/mol. The molecule has 1 atom stereocenters. The average Bonchev–Trinajstić information content (AvgIpc) is 1.98. The highest BCUT2D eigenvalue weighted by molar-refractivity contribution is 5.46. The maximum absolute atomic E-state index is 13.1. The van der Waals surface area contributed by atoms with Gasteiger partial charge >= 0.3 is 0 Å². The van der Waals surface area contributed by atoms with Crippen molar-refractivity contribution in [3.8, 4) is 0 Å². The Morgan fingerprint density at radius 2 is 1.87 bits per heavy atom. The summed E-state index contributed by atoms with van der Waals surface area (Å²) in [5.74, 6) is 0.483. The van der Waals surface area contributed by atoms with Gasteiger partial charge in [0.25, 0.3) is 0 Å². The van der Waals surface area contributed by atoms with Crippen LogP contribution in [0.4, 0.5) is 10.1 Å². The Morgan fingerprint density at radius 1 is 1.20 bits per heavy atom. The quantitative estimate of drug-likeness (QED) is 0.791. The van der Waals surface area contributed by atoms with Crippen molar-refractivity contribution < 1.29 is 4.39 Å². The fourth-order valence-corrected chi connectivity index (χ4v) is 1.87. The summed E-state index contributed by atoms with van der Waals surface area (Å²) in [6.45, 7) is 8.41. The molecule has 0 saturated heterocycles. The SMILES string of the molecule is Cc1cc(F)cc(NC(C)CC(C)C)c1. The van der Waals surface area contributed by atoms with Gasteiger partial charge in [0.05, 0.1) is 0 Å². The first-order chi connectivity index (χ1) is 6.97. The molecule has 84 valence electrons. The van der Waals surface area contributed by atoms with Gasteiger partial charge in [0.15, 0.2) is 0 Å². The molecule has 1 aromatic rings. The number of aryl methyl sites for hydroxylation is 1. The van der Waals surface area contributed by atoms with Crippen LogP contribution in [0.3, 0.4) is 0 Å². The van der Waals surface area contributed by atoms with E-state index in [4.69, 9.17) is 0 Å². The summed E-state index contributed by atoms with van der Waals surface area (Å²) in [5.41, 5.74) is 1.83. The lowest BCUT2D eigenvalue weighted by atomic mass is 10.0. The fourth-order valence-electron chi connectivity index (χ4n) is 1.87. The van der Waals surface area contributed by atoms with E-state index >= 15 is 0 Å². The van der Waals surface area contributed by atoms with Crippen molar-refractivity contribution in [1.82, 2.24) is 0 Å².